The second kappa shape index (κ2) is 15.4. The van der Waals surface area contributed by atoms with E-state index in [9.17, 15) is 24.0 Å². The van der Waals surface area contributed by atoms with Crippen LogP contribution in [0, 0.1) is 5.92 Å². The van der Waals surface area contributed by atoms with E-state index in [1.165, 1.54) is 0 Å². The van der Waals surface area contributed by atoms with Crippen LogP contribution in [0.4, 0.5) is 0 Å². The van der Waals surface area contributed by atoms with E-state index in [0.29, 0.717) is 6.42 Å². The smallest absolute Gasteiger partial charge is 0.328 e. The Balaban J connectivity index is 5.33. The van der Waals surface area contributed by atoms with E-state index in [1.54, 1.807) is 13.8 Å². The number of nitrogens with two attached hydrogens (primary N) is 3. The second-order valence-corrected chi connectivity index (χ2v) is 7.99. The van der Waals surface area contributed by atoms with Crippen LogP contribution in [0.5, 0.6) is 0 Å². The number of hydrogen-bond acceptors (Lipinski definition) is 8. The minimum atomic E-state index is -1.69. The lowest BCUT2D eigenvalue weighted by Crippen LogP contribution is -2.58. The molecule has 15 nitrogen and oxygen atoms in total. The number of nitrogens with one attached hydrogen (secondary N) is 3. The summed E-state index contributed by atoms with van der Waals surface area (Å²) in [6.07, 6.45) is -0.0828. The van der Waals surface area contributed by atoms with Gasteiger partial charge in [0.05, 0.1) is 19.1 Å². The Kier molecular flexibility index (Phi) is 13.8. The lowest BCUT2D eigenvalue weighted by molar-refractivity contribution is -0.144. The van der Waals surface area contributed by atoms with Gasteiger partial charge < -0.3 is 48.5 Å². The lowest BCUT2D eigenvalue weighted by atomic mass is 10.0. The van der Waals surface area contributed by atoms with Crippen molar-refractivity contribution in [1.82, 2.24) is 16.0 Å². The largest absolute Gasteiger partial charge is 0.481 e. The molecule has 0 aliphatic rings. The molecule has 12 N–H and O–H groups in total. The van der Waals surface area contributed by atoms with Gasteiger partial charge in [0.25, 0.3) is 0 Å². The number of guanidine groups is 1. The lowest BCUT2D eigenvalue weighted by Gasteiger charge is -2.25. The number of carbonyl (C=O) groups is 5. The number of rotatable bonds is 16. The van der Waals surface area contributed by atoms with Crippen LogP contribution in [-0.2, 0) is 24.0 Å². The fraction of sp³-hybridized carbons (Fsp3) is 0.684. The van der Waals surface area contributed by atoms with E-state index in [1.807, 2.05) is 5.32 Å². The van der Waals surface area contributed by atoms with Crippen LogP contribution >= 0.6 is 0 Å². The maximum absolute atomic E-state index is 12.8. The van der Waals surface area contributed by atoms with Gasteiger partial charge in [-0.3, -0.25) is 24.2 Å². The van der Waals surface area contributed by atoms with Gasteiger partial charge in [0.15, 0.2) is 5.96 Å². The molecule has 0 bridgehead atoms. The van der Waals surface area contributed by atoms with E-state index in [-0.39, 0.29) is 31.3 Å². The monoisotopic (exact) mass is 489 g/mol. The zero-order valence-electron chi connectivity index (χ0n) is 19.2. The fourth-order valence-electron chi connectivity index (χ4n) is 2.75. The molecule has 0 heterocycles. The van der Waals surface area contributed by atoms with Crippen molar-refractivity contribution in [2.45, 2.75) is 63.7 Å². The summed E-state index contributed by atoms with van der Waals surface area (Å²) < 4.78 is 0. The van der Waals surface area contributed by atoms with Crippen molar-refractivity contribution in [1.29, 1.82) is 0 Å². The first-order valence-electron chi connectivity index (χ1n) is 10.6. The highest BCUT2D eigenvalue weighted by atomic mass is 16.4. The molecule has 0 spiro atoms. The maximum atomic E-state index is 12.8. The number of hydrogen-bond donors (Lipinski definition) is 9. The van der Waals surface area contributed by atoms with Gasteiger partial charge in [0.1, 0.15) is 18.1 Å². The van der Waals surface area contributed by atoms with Gasteiger partial charge in [-0.25, -0.2) is 4.79 Å². The topological polar surface area (TPSA) is 273 Å². The van der Waals surface area contributed by atoms with Gasteiger partial charge in [-0.05, 0) is 25.2 Å². The van der Waals surface area contributed by atoms with E-state index in [2.05, 4.69) is 15.6 Å². The van der Waals surface area contributed by atoms with E-state index in [4.69, 9.17) is 32.5 Å². The minimum Gasteiger partial charge on any atom is -0.481 e. The van der Waals surface area contributed by atoms with Crippen molar-refractivity contribution in [2.24, 2.45) is 28.1 Å². The quantitative estimate of drug-likeness (QED) is 0.0580. The van der Waals surface area contributed by atoms with Crippen LogP contribution in [0.25, 0.3) is 0 Å². The molecule has 0 saturated heterocycles. The van der Waals surface area contributed by atoms with Crippen molar-refractivity contribution >= 4 is 35.6 Å². The standard InChI is InChI=1S/C19H35N7O8/c1-9(2)6-11(24-15(30)10(20)4-3-5-23-19(21)22)16(31)25-12(7-14(28)29)17(32)26-13(8-27)18(33)34/h9-13,27H,3-8,20H2,1-2H3,(H,24,30)(H,25,31)(H,26,32)(H,28,29)(H,33,34)(H4,21,22,23). The molecule has 4 atom stereocenters. The molecule has 3 amide bonds. The number of carbonyl (C=O) groups excluding carboxylic acids is 3. The average Bonchev–Trinajstić information content (AvgIpc) is 2.72. The summed E-state index contributed by atoms with van der Waals surface area (Å²) in [4.78, 5) is 63.6. The van der Waals surface area contributed by atoms with Crippen LogP contribution < -0.4 is 33.2 Å². The van der Waals surface area contributed by atoms with Gasteiger partial charge in [-0.15, -0.1) is 0 Å². The molecule has 15 heteroatoms. The molecule has 0 aliphatic carbocycles. The summed E-state index contributed by atoms with van der Waals surface area (Å²) >= 11 is 0. The first-order valence-corrected chi connectivity index (χ1v) is 10.6. The summed E-state index contributed by atoms with van der Waals surface area (Å²) in [5.41, 5.74) is 16.3. The van der Waals surface area contributed by atoms with Crippen molar-refractivity contribution in [3.8, 4) is 0 Å². The van der Waals surface area contributed by atoms with Crippen LogP contribution in [-0.4, -0.2) is 88.3 Å². The highest BCUT2D eigenvalue weighted by Gasteiger charge is 2.31. The Morgan fingerprint density at radius 2 is 1.41 bits per heavy atom. The van der Waals surface area contributed by atoms with Gasteiger partial charge in [0, 0.05) is 6.54 Å². The van der Waals surface area contributed by atoms with E-state index < -0.39 is 66.9 Å². The van der Waals surface area contributed by atoms with Crippen LogP contribution in [0.1, 0.15) is 39.5 Å². The number of aliphatic imine (C=N–C) groups is 1. The SMILES string of the molecule is CC(C)CC(NC(=O)C(N)CCCN=C(N)N)C(=O)NC(CC(=O)O)C(=O)NC(CO)C(=O)O. The summed E-state index contributed by atoms with van der Waals surface area (Å²) in [5, 5.41) is 33.8. The molecular formula is C19H35N7O8. The molecule has 0 aromatic rings. The minimum absolute atomic E-state index is 0.0772. The summed E-state index contributed by atoms with van der Waals surface area (Å²) in [5.74, 6) is -5.78. The van der Waals surface area contributed by atoms with Crippen molar-refractivity contribution in [3.05, 3.63) is 0 Å². The molecule has 0 fully saturated rings. The normalized spacial score (nSPS) is 14.3. The third kappa shape index (κ3) is 12.5. The average molecular weight is 490 g/mol. The zero-order chi connectivity index (χ0) is 26.4. The van der Waals surface area contributed by atoms with Gasteiger partial charge in [-0.2, -0.15) is 0 Å². The van der Waals surface area contributed by atoms with Crippen LogP contribution in [0.15, 0.2) is 4.99 Å². The van der Waals surface area contributed by atoms with Crippen molar-refractivity contribution < 1.29 is 39.3 Å². The Labute approximate surface area is 196 Å². The maximum Gasteiger partial charge on any atom is 0.328 e. The fourth-order valence-corrected chi connectivity index (χ4v) is 2.75. The second-order valence-electron chi connectivity index (χ2n) is 7.99. The molecular weight excluding hydrogens is 454 g/mol. The van der Waals surface area contributed by atoms with Crippen molar-refractivity contribution in [3.63, 3.8) is 0 Å². The van der Waals surface area contributed by atoms with Crippen LogP contribution in [0.3, 0.4) is 0 Å². The van der Waals surface area contributed by atoms with Crippen LogP contribution in [0.2, 0.25) is 0 Å². The molecule has 0 aliphatic heterocycles. The summed E-state index contributed by atoms with van der Waals surface area (Å²) in [6.45, 7) is 2.88. The third-order valence-electron chi connectivity index (χ3n) is 4.45. The summed E-state index contributed by atoms with van der Waals surface area (Å²) in [6, 6.07) is -5.47. The zero-order valence-corrected chi connectivity index (χ0v) is 19.2. The number of aliphatic hydroxyl groups is 1. The molecule has 0 aromatic heterocycles. The Bertz CT molecular complexity index is 755. The number of carboxylic acids is 2. The molecule has 0 radical (unpaired) electrons. The molecule has 0 aromatic carbocycles. The van der Waals surface area contributed by atoms with Gasteiger partial charge in [-0.1, -0.05) is 13.8 Å². The first kappa shape index (κ1) is 30.5. The number of amides is 3. The summed E-state index contributed by atoms with van der Waals surface area (Å²) in [7, 11) is 0. The third-order valence-corrected chi connectivity index (χ3v) is 4.45. The number of aliphatic hydroxyl groups excluding tert-OH is 1. The predicted molar refractivity (Wildman–Crippen MR) is 120 cm³/mol. The van der Waals surface area contributed by atoms with Gasteiger partial charge in [0.2, 0.25) is 17.7 Å². The van der Waals surface area contributed by atoms with E-state index >= 15 is 0 Å². The molecule has 0 saturated carbocycles. The Morgan fingerprint density at radius 3 is 1.88 bits per heavy atom. The first-order chi connectivity index (χ1) is 15.8. The highest BCUT2D eigenvalue weighted by Crippen LogP contribution is 2.07. The van der Waals surface area contributed by atoms with Crippen molar-refractivity contribution in [2.75, 3.05) is 13.2 Å². The van der Waals surface area contributed by atoms with E-state index in [0.717, 1.165) is 0 Å². The molecule has 4 unspecified atom stereocenters. The Morgan fingerprint density at radius 1 is 0.882 bits per heavy atom. The number of aliphatic carboxylic acids is 2. The molecule has 34 heavy (non-hydrogen) atoms. The predicted octanol–water partition coefficient (Wildman–Crippen LogP) is -3.58. The highest BCUT2D eigenvalue weighted by molar-refractivity contribution is 5.95. The Hall–Kier alpha value is -3.46. The molecule has 194 valence electrons. The number of nitrogens with zero attached hydrogens (tertiary/aromatic N) is 1. The number of carboxylic acid groups (broad SMARTS) is 2. The van der Waals surface area contributed by atoms with Gasteiger partial charge >= 0.3 is 11.9 Å². The molecule has 0 rings (SSSR count).